The Morgan fingerprint density at radius 2 is 1.86 bits per heavy atom. The maximum absolute atomic E-state index is 5.80. The van der Waals surface area contributed by atoms with E-state index in [4.69, 9.17) is 4.74 Å². The normalized spacial score (nSPS) is 11.5. The van der Waals surface area contributed by atoms with Gasteiger partial charge in [0.2, 0.25) is 0 Å². The molecule has 0 saturated carbocycles. The topological polar surface area (TPSA) is 33.3 Å². The Hall–Kier alpha value is -1.06. The Morgan fingerprint density at radius 3 is 2.52 bits per heavy atom. The van der Waals surface area contributed by atoms with E-state index >= 15 is 0 Å². The molecule has 3 nitrogen and oxygen atoms in total. The van der Waals surface area contributed by atoms with E-state index in [9.17, 15) is 0 Å². The molecule has 122 valence electrons. The minimum Gasteiger partial charge on any atom is -0.494 e. The highest BCUT2D eigenvalue weighted by Crippen LogP contribution is 2.15. The van der Waals surface area contributed by atoms with Crippen LogP contribution in [0.1, 0.15) is 45.6 Å². The molecular formula is C18H34N2O. The summed E-state index contributed by atoms with van der Waals surface area (Å²) in [7, 11) is 3.97. The Labute approximate surface area is 131 Å². The second-order valence-electron chi connectivity index (χ2n) is 5.17. The maximum Gasteiger partial charge on any atom is 0.119 e. The molecule has 1 aromatic rings. The first-order valence-electron chi connectivity index (χ1n) is 8.27. The number of hydrogen-bond acceptors (Lipinski definition) is 3. The Bertz CT molecular complexity index is 342. The van der Waals surface area contributed by atoms with E-state index in [2.05, 4.69) is 35.8 Å². The zero-order chi connectivity index (χ0) is 15.9. The quantitative estimate of drug-likeness (QED) is 0.643. The van der Waals surface area contributed by atoms with Gasteiger partial charge >= 0.3 is 0 Å². The molecule has 0 amide bonds. The number of rotatable bonds is 10. The van der Waals surface area contributed by atoms with E-state index in [0.717, 1.165) is 37.8 Å². The molecular weight excluding hydrogens is 260 g/mol. The van der Waals surface area contributed by atoms with Crippen molar-refractivity contribution in [2.45, 2.75) is 46.6 Å². The average molecular weight is 294 g/mol. The summed E-state index contributed by atoms with van der Waals surface area (Å²) in [5.74, 6) is 1.75. The van der Waals surface area contributed by atoms with Gasteiger partial charge in [0.25, 0.3) is 0 Å². The van der Waals surface area contributed by atoms with Crippen LogP contribution in [0.25, 0.3) is 0 Å². The lowest BCUT2D eigenvalue weighted by Gasteiger charge is -2.12. The molecule has 0 radical (unpaired) electrons. The Kier molecular flexibility index (Phi) is 13.2. The van der Waals surface area contributed by atoms with Crippen molar-refractivity contribution in [2.75, 3.05) is 27.2 Å². The molecule has 0 heterocycles. The van der Waals surface area contributed by atoms with Crippen LogP contribution >= 0.6 is 0 Å². The van der Waals surface area contributed by atoms with Gasteiger partial charge in [0.05, 0.1) is 6.61 Å². The minimum absolute atomic E-state index is 0.770. The van der Waals surface area contributed by atoms with Crippen molar-refractivity contribution in [1.29, 1.82) is 0 Å². The van der Waals surface area contributed by atoms with Crippen LogP contribution < -0.4 is 15.4 Å². The third-order valence-corrected chi connectivity index (χ3v) is 3.28. The highest BCUT2D eigenvalue weighted by molar-refractivity contribution is 5.28. The van der Waals surface area contributed by atoms with Gasteiger partial charge in [0, 0.05) is 6.54 Å². The highest BCUT2D eigenvalue weighted by atomic mass is 16.5. The van der Waals surface area contributed by atoms with Gasteiger partial charge in [-0.3, -0.25) is 0 Å². The lowest BCUT2D eigenvalue weighted by molar-refractivity contribution is 0.292. The molecule has 0 aliphatic carbocycles. The molecule has 2 N–H and O–H groups in total. The van der Waals surface area contributed by atoms with Gasteiger partial charge in [0.1, 0.15) is 5.75 Å². The number of nitrogens with one attached hydrogen (secondary N) is 2. The lowest BCUT2D eigenvalue weighted by Crippen LogP contribution is -2.12. The van der Waals surface area contributed by atoms with Crippen LogP contribution in [0.3, 0.4) is 0 Å². The molecule has 0 aromatic heterocycles. The smallest absolute Gasteiger partial charge is 0.119 e. The van der Waals surface area contributed by atoms with Gasteiger partial charge < -0.3 is 15.4 Å². The van der Waals surface area contributed by atoms with Crippen molar-refractivity contribution in [2.24, 2.45) is 5.92 Å². The van der Waals surface area contributed by atoms with Gasteiger partial charge in [-0.2, -0.15) is 0 Å². The molecule has 0 aliphatic rings. The molecule has 0 saturated heterocycles. The molecule has 1 unspecified atom stereocenters. The average Bonchev–Trinajstić information content (AvgIpc) is 2.52. The fraction of sp³-hybridized carbons (Fsp3) is 0.667. The first kappa shape index (κ1) is 19.9. The van der Waals surface area contributed by atoms with Crippen molar-refractivity contribution < 1.29 is 4.74 Å². The molecule has 1 rings (SSSR count). The third-order valence-electron chi connectivity index (χ3n) is 3.28. The zero-order valence-electron chi connectivity index (χ0n) is 14.5. The zero-order valence-corrected chi connectivity index (χ0v) is 14.5. The summed E-state index contributed by atoms with van der Waals surface area (Å²) >= 11 is 0. The van der Waals surface area contributed by atoms with Crippen LogP contribution in [0.2, 0.25) is 0 Å². The SMILES string of the molecule is CC.CNCCC(C)CCCOc1cccc(CNC)c1. The van der Waals surface area contributed by atoms with E-state index in [0.29, 0.717) is 0 Å². The van der Waals surface area contributed by atoms with Crippen LogP contribution in [-0.2, 0) is 6.54 Å². The largest absolute Gasteiger partial charge is 0.494 e. The number of hydrogen-bond donors (Lipinski definition) is 2. The van der Waals surface area contributed by atoms with Crippen molar-refractivity contribution >= 4 is 0 Å². The van der Waals surface area contributed by atoms with E-state index in [-0.39, 0.29) is 0 Å². The number of benzene rings is 1. The van der Waals surface area contributed by atoms with Crippen molar-refractivity contribution in [3.05, 3.63) is 29.8 Å². The summed E-state index contributed by atoms with van der Waals surface area (Å²) in [6.45, 7) is 9.12. The molecule has 1 atom stereocenters. The first-order chi connectivity index (χ1) is 10.3. The molecule has 1 aromatic carbocycles. The van der Waals surface area contributed by atoms with E-state index in [1.54, 1.807) is 0 Å². The van der Waals surface area contributed by atoms with Gasteiger partial charge in [0.15, 0.2) is 0 Å². The van der Waals surface area contributed by atoms with Crippen LogP contribution in [-0.4, -0.2) is 27.2 Å². The Morgan fingerprint density at radius 1 is 1.10 bits per heavy atom. The first-order valence-corrected chi connectivity index (χ1v) is 8.27. The molecule has 21 heavy (non-hydrogen) atoms. The summed E-state index contributed by atoms with van der Waals surface area (Å²) in [5, 5.41) is 6.35. The molecule has 0 fully saturated rings. The molecule has 0 spiro atoms. The van der Waals surface area contributed by atoms with Crippen molar-refractivity contribution in [3.8, 4) is 5.75 Å². The van der Waals surface area contributed by atoms with Crippen LogP contribution in [0, 0.1) is 5.92 Å². The molecule has 0 bridgehead atoms. The van der Waals surface area contributed by atoms with Gasteiger partial charge in [-0.25, -0.2) is 0 Å². The summed E-state index contributed by atoms with van der Waals surface area (Å²) in [5.41, 5.74) is 1.27. The van der Waals surface area contributed by atoms with E-state index < -0.39 is 0 Å². The second kappa shape index (κ2) is 13.9. The van der Waals surface area contributed by atoms with Crippen LogP contribution in [0.15, 0.2) is 24.3 Å². The predicted octanol–water partition coefficient (Wildman–Crippen LogP) is 3.84. The molecule has 3 heteroatoms. The van der Waals surface area contributed by atoms with Gasteiger partial charge in [-0.15, -0.1) is 0 Å². The summed E-state index contributed by atoms with van der Waals surface area (Å²) < 4.78 is 5.80. The third kappa shape index (κ3) is 10.3. The minimum atomic E-state index is 0.770. The van der Waals surface area contributed by atoms with Crippen LogP contribution in [0.5, 0.6) is 5.75 Å². The number of ether oxygens (including phenoxy) is 1. The maximum atomic E-state index is 5.80. The molecule has 0 aliphatic heterocycles. The van der Waals surface area contributed by atoms with Gasteiger partial charge in [-0.05, 0) is 63.5 Å². The summed E-state index contributed by atoms with van der Waals surface area (Å²) in [6.07, 6.45) is 3.60. The van der Waals surface area contributed by atoms with E-state index in [1.807, 2.05) is 34.0 Å². The van der Waals surface area contributed by atoms with Crippen molar-refractivity contribution in [3.63, 3.8) is 0 Å². The Balaban J connectivity index is 0.00000191. The fourth-order valence-electron chi connectivity index (χ4n) is 2.11. The van der Waals surface area contributed by atoms with E-state index in [1.165, 1.54) is 18.4 Å². The second-order valence-corrected chi connectivity index (χ2v) is 5.17. The monoisotopic (exact) mass is 294 g/mol. The van der Waals surface area contributed by atoms with Gasteiger partial charge in [-0.1, -0.05) is 32.9 Å². The standard InChI is InChI=1S/C16H28N2O.C2H6/c1-14(9-10-17-2)6-5-11-19-16-8-4-7-15(12-16)13-18-3;1-2/h4,7-8,12,14,17-18H,5-6,9-11,13H2,1-3H3;1-2H3. The summed E-state index contributed by atoms with van der Waals surface area (Å²) in [4.78, 5) is 0. The van der Waals surface area contributed by atoms with Crippen molar-refractivity contribution in [1.82, 2.24) is 10.6 Å². The van der Waals surface area contributed by atoms with Crippen LogP contribution in [0.4, 0.5) is 0 Å². The summed E-state index contributed by atoms with van der Waals surface area (Å²) in [6, 6.07) is 8.31. The highest BCUT2D eigenvalue weighted by Gasteiger charge is 2.02. The lowest BCUT2D eigenvalue weighted by atomic mass is 10.0. The fourth-order valence-corrected chi connectivity index (χ4v) is 2.11. The predicted molar refractivity (Wildman–Crippen MR) is 93.0 cm³/mol.